The second-order valence-electron chi connectivity index (χ2n) is 5.43. The number of thiazole rings is 1. The predicted molar refractivity (Wildman–Crippen MR) is 96.3 cm³/mol. The predicted octanol–water partition coefficient (Wildman–Crippen LogP) is 5.66. The van der Waals surface area contributed by atoms with E-state index in [1.165, 1.54) is 11.3 Å². The molecule has 0 aliphatic carbocycles. The lowest BCUT2D eigenvalue weighted by Gasteiger charge is -2.11. The summed E-state index contributed by atoms with van der Waals surface area (Å²) in [5.41, 5.74) is 0.516. The molecule has 0 aliphatic heterocycles. The summed E-state index contributed by atoms with van der Waals surface area (Å²) in [5, 5.41) is 4.97. The van der Waals surface area contributed by atoms with Crippen LogP contribution >= 0.6 is 22.9 Å². The monoisotopic (exact) mass is 396 g/mol. The summed E-state index contributed by atoms with van der Waals surface area (Å²) in [6.45, 7) is 0. The van der Waals surface area contributed by atoms with Crippen LogP contribution in [0, 0.1) is 0 Å². The Bertz CT molecular complexity index is 926. The minimum absolute atomic E-state index is 0.0367. The van der Waals surface area contributed by atoms with Crippen LogP contribution in [0.25, 0.3) is 10.6 Å². The van der Waals surface area contributed by atoms with Crippen molar-refractivity contribution in [3.8, 4) is 10.6 Å². The average Bonchev–Trinajstić information content (AvgIpc) is 3.05. The van der Waals surface area contributed by atoms with Crippen LogP contribution in [0.3, 0.4) is 0 Å². The molecule has 0 atom stereocenters. The maximum Gasteiger partial charge on any atom is 0.416 e. The standard InChI is InChI=1S/C18H12ClF3N2OS/c19-14-7-6-12(18(20,21)22)8-15(14)24-16(25)9-13-10-26-17(23-13)11-4-2-1-3-5-11/h1-8,10H,9H2,(H,24,25). The molecule has 0 saturated carbocycles. The van der Waals surface area contributed by atoms with Gasteiger partial charge in [-0.2, -0.15) is 13.2 Å². The van der Waals surface area contributed by atoms with Gasteiger partial charge in [0.2, 0.25) is 5.91 Å². The van der Waals surface area contributed by atoms with E-state index >= 15 is 0 Å². The van der Waals surface area contributed by atoms with E-state index in [1.54, 1.807) is 5.38 Å². The average molecular weight is 397 g/mol. The molecule has 0 saturated heterocycles. The summed E-state index contributed by atoms with van der Waals surface area (Å²) in [7, 11) is 0. The van der Waals surface area contributed by atoms with E-state index in [9.17, 15) is 18.0 Å². The zero-order chi connectivity index (χ0) is 18.7. The number of hydrogen-bond acceptors (Lipinski definition) is 3. The van der Waals surface area contributed by atoms with Gasteiger partial charge < -0.3 is 5.32 Å². The molecule has 0 spiro atoms. The minimum Gasteiger partial charge on any atom is -0.324 e. The van der Waals surface area contributed by atoms with Crippen LogP contribution in [0.2, 0.25) is 5.02 Å². The van der Waals surface area contributed by atoms with Crippen LogP contribution in [-0.2, 0) is 17.4 Å². The fraction of sp³-hybridized carbons (Fsp3) is 0.111. The van der Waals surface area contributed by atoms with Crippen LogP contribution in [-0.4, -0.2) is 10.9 Å². The van der Waals surface area contributed by atoms with E-state index in [4.69, 9.17) is 11.6 Å². The molecule has 2 aromatic carbocycles. The Balaban J connectivity index is 1.71. The van der Waals surface area contributed by atoms with E-state index in [0.717, 1.165) is 28.8 Å². The van der Waals surface area contributed by atoms with Gasteiger partial charge in [0.25, 0.3) is 0 Å². The number of nitrogens with one attached hydrogen (secondary N) is 1. The van der Waals surface area contributed by atoms with Crippen LogP contribution in [0.15, 0.2) is 53.9 Å². The summed E-state index contributed by atoms with van der Waals surface area (Å²) in [5.74, 6) is -0.490. The zero-order valence-electron chi connectivity index (χ0n) is 13.2. The highest BCUT2D eigenvalue weighted by molar-refractivity contribution is 7.13. The maximum atomic E-state index is 12.8. The van der Waals surface area contributed by atoms with E-state index in [-0.39, 0.29) is 17.1 Å². The van der Waals surface area contributed by atoms with E-state index in [0.29, 0.717) is 5.69 Å². The van der Waals surface area contributed by atoms with Gasteiger partial charge in [0.15, 0.2) is 0 Å². The van der Waals surface area contributed by atoms with Crippen molar-refractivity contribution in [1.29, 1.82) is 0 Å². The molecule has 3 aromatic rings. The summed E-state index contributed by atoms with van der Waals surface area (Å²) in [4.78, 5) is 16.5. The van der Waals surface area contributed by atoms with Gasteiger partial charge >= 0.3 is 6.18 Å². The lowest BCUT2D eigenvalue weighted by molar-refractivity contribution is -0.137. The Kier molecular flexibility index (Phi) is 5.29. The van der Waals surface area contributed by atoms with Crippen molar-refractivity contribution in [3.05, 3.63) is 70.2 Å². The quantitative estimate of drug-likeness (QED) is 0.618. The first-order chi connectivity index (χ1) is 12.3. The molecule has 0 unspecified atom stereocenters. The molecule has 0 radical (unpaired) electrons. The third-order valence-electron chi connectivity index (χ3n) is 3.48. The molecule has 3 nitrogen and oxygen atoms in total. The van der Waals surface area contributed by atoms with Crippen molar-refractivity contribution in [2.45, 2.75) is 12.6 Å². The molecule has 3 rings (SSSR count). The smallest absolute Gasteiger partial charge is 0.324 e. The van der Waals surface area contributed by atoms with Crippen molar-refractivity contribution in [2.75, 3.05) is 5.32 Å². The maximum absolute atomic E-state index is 12.8. The topological polar surface area (TPSA) is 42.0 Å². The Morgan fingerprint density at radius 3 is 2.58 bits per heavy atom. The van der Waals surface area contributed by atoms with Gasteiger partial charge in [-0.3, -0.25) is 4.79 Å². The molecular formula is C18H12ClF3N2OS. The Morgan fingerprint density at radius 2 is 1.88 bits per heavy atom. The number of anilines is 1. The molecule has 1 heterocycles. The number of carbonyl (C=O) groups excluding carboxylic acids is 1. The normalized spacial score (nSPS) is 11.4. The number of nitrogens with zero attached hydrogens (tertiary/aromatic N) is 1. The number of alkyl halides is 3. The number of hydrogen-bond donors (Lipinski definition) is 1. The van der Waals surface area contributed by atoms with Crippen molar-refractivity contribution in [1.82, 2.24) is 4.98 Å². The molecular weight excluding hydrogens is 385 g/mol. The first-order valence-corrected chi connectivity index (χ1v) is 8.75. The molecule has 1 amide bonds. The fourth-order valence-corrected chi connectivity index (χ4v) is 3.25. The van der Waals surface area contributed by atoms with Gasteiger partial charge in [-0.25, -0.2) is 4.98 Å². The Hall–Kier alpha value is -2.38. The minimum atomic E-state index is -4.51. The Labute approximate surface area is 156 Å². The largest absolute Gasteiger partial charge is 0.416 e. The molecule has 0 fully saturated rings. The fourth-order valence-electron chi connectivity index (χ4n) is 2.26. The number of rotatable bonds is 4. The number of aromatic nitrogens is 1. The van der Waals surface area contributed by atoms with Crippen LogP contribution in [0.1, 0.15) is 11.3 Å². The number of carbonyl (C=O) groups is 1. The molecule has 8 heteroatoms. The first kappa shape index (κ1) is 18.4. The van der Waals surface area contributed by atoms with E-state index in [2.05, 4.69) is 10.3 Å². The SMILES string of the molecule is O=C(Cc1csc(-c2ccccc2)n1)Nc1cc(C(F)(F)F)ccc1Cl. The molecule has 26 heavy (non-hydrogen) atoms. The van der Waals surface area contributed by atoms with Crippen molar-refractivity contribution in [2.24, 2.45) is 0 Å². The molecule has 0 bridgehead atoms. The summed E-state index contributed by atoms with van der Waals surface area (Å²) in [6.07, 6.45) is -4.57. The highest BCUT2D eigenvalue weighted by Crippen LogP contribution is 2.34. The lowest BCUT2D eigenvalue weighted by Crippen LogP contribution is -2.16. The number of amides is 1. The summed E-state index contributed by atoms with van der Waals surface area (Å²) in [6, 6.07) is 12.3. The van der Waals surface area contributed by atoms with Crippen molar-refractivity contribution < 1.29 is 18.0 Å². The van der Waals surface area contributed by atoms with Gasteiger partial charge in [-0.1, -0.05) is 41.9 Å². The second-order valence-corrected chi connectivity index (χ2v) is 6.69. The van der Waals surface area contributed by atoms with Gasteiger partial charge in [0.05, 0.1) is 28.4 Å². The molecule has 1 N–H and O–H groups in total. The summed E-state index contributed by atoms with van der Waals surface area (Å²) >= 11 is 7.28. The van der Waals surface area contributed by atoms with Crippen molar-refractivity contribution >= 4 is 34.5 Å². The third-order valence-corrected chi connectivity index (χ3v) is 4.75. The first-order valence-electron chi connectivity index (χ1n) is 7.49. The summed E-state index contributed by atoms with van der Waals surface area (Å²) < 4.78 is 38.4. The van der Waals surface area contributed by atoms with Gasteiger partial charge in [-0.15, -0.1) is 11.3 Å². The lowest BCUT2D eigenvalue weighted by atomic mass is 10.2. The number of benzene rings is 2. The van der Waals surface area contributed by atoms with E-state index < -0.39 is 17.6 Å². The van der Waals surface area contributed by atoms with E-state index in [1.807, 2.05) is 30.3 Å². The number of halogens is 4. The zero-order valence-corrected chi connectivity index (χ0v) is 14.8. The van der Waals surface area contributed by atoms with Crippen LogP contribution in [0.5, 0.6) is 0 Å². The Morgan fingerprint density at radius 1 is 1.15 bits per heavy atom. The van der Waals surface area contributed by atoms with Gasteiger partial charge in [0, 0.05) is 10.9 Å². The van der Waals surface area contributed by atoms with Gasteiger partial charge in [0.1, 0.15) is 5.01 Å². The molecule has 0 aliphatic rings. The van der Waals surface area contributed by atoms with Crippen LogP contribution in [0.4, 0.5) is 18.9 Å². The molecule has 1 aromatic heterocycles. The van der Waals surface area contributed by atoms with Gasteiger partial charge in [-0.05, 0) is 18.2 Å². The third kappa shape index (κ3) is 4.42. The van der Waals surface area contributed by atoms with Crippen molar-refractivity contribution in [3.63, 3.8) is 0 Å². The highest BCUT2D eigenvalue weighted by Gasteiger charge is 2.31. The molecule has 134 valence electrons. The highest BCUT2D eigenvalue weighted by atomic mass is 35.5. The second kappa shape index (κ2) is 7.47. The van der Waals surface area contributed by atoms with Crippen LogP contribution < -0.4 is 5.32 Å².